The van der Waals surface area contributed by atoms with Crippen LogP contribution in [-0.4, -0.2) is 57.5 Å². The summed E-state index contributed by atoms with van der Waals surface area (Å²) in [6.07, 6.45) is 4.68. The summed E-state index contributed by atoms with van der Waals surface area (Å²) in [4.78, 5) is 3.95. The quantitative estimate of drug-likeness (QED) is 0.514. The topological polar surface area (TPSA) is 75.0 Å². The molecule has 0 aliphatic rings. The van der Waals surface area contributed by atoms with Crippen molar-refractivity contribution < 1.29 is 23.1 Å². The van der Waals surface area contributed by atoms with Crippen LogP contribution in [0.15, 0.2) is 18.7 Å². The number of aromatic nitrogens is 2. The molecule has 20 heavy (non-hydrogen) atoms. The number of rotatable bonds is 10. The molecular weight excluding hydrogens is 280 g/mol. The summed E-state index contributed by atoms with van der Waals surface area (Å²) in [5.74, 6) is 0. The Morgan fingerprint density at radius 2 is 1.90 bits per heavy atom. The van der Waals surface area contributed by atoms with E-state index in [1.165, 1.54) is 0 Å². The number of hydrogen-bond donors (Lipinski definition) is 1. The van der Waals surface area contributed by atoms with E-state index < -0.39 is 21.1 Å². The molecule has 1 aromatic heterocycles. The van der Waals surface area contributed by atoms with Gasteiger partial charge in [0.2, 0.25) is 0 Å². The lowest BCUT2D eigenvalue weighted by molar-refractivity contribution is -0.0747. The van der Waals surface area contributed by atoms with Gasteiger partial charge in [-0.05, 0) is 13.3 Å². The molecule has 0 aliphatic heterocycles. The van der Waals surface area contributed by atoms with Crippen molar-refractivity contribution in [3.05, 3.63) is 18.7 Å². The number of imidazole rings is 1. The summed E-state index contributed by atoms with van der Waals surface area (Å²) in [6.45, 7) is 2.15. The van der Waals surface area contributed by atoms with E-state index in [4.69, 9.17) is 18.0 Å². The Morgan fingerprint density at radius 3 is 2.35 bits per heavy atom. The lowest BCUT2D eigenvalue weighted by Crippen LogP contribution is -2.42. The number of aliphatic hydroxyl groups is 1. The van der Waals surface area contributed by atoms with E-state index in [1.807, 2.05) is 0 Å². The van der Waals surface area contributed by atoms with Crippen LogP contribution in [0.25, 0.3) is 0 Å². The van der Waals surface area contributed by atoms with Crippen LogP contribution >= 0.6 is 0 Å². The van der Waals surface area contributed by atoms with E-state index in [9.17, 15) is 5.11 Å². The third kappa shape index (κ3) is 4.65. The first-order valence-corrected chi connectivity index (χ1v) is 8.44. The van der Waals surface area contributed by atoms with Crippen LogP contribution in [0.4, 0.5) is 0 Å². The molecule has 8 heteroatoms. The van der Waals surface area contributed by atoms with Gasteiger partial charge < -0.3 is 27.7 Å². The van der Waals surface area contributed by atoms with E-state index in [0.29, 0.717) is 12.7 Å². The molecule has 116 valence electrons. The predicted octanol–water partition coefficient (Wildman–Crippen LogP) is 1.05. The molecule has 2 atom stereocenters. The molecule has 0 fully saturated rings. The zero-order valence-corrected chi connectivity index (χ0v) is 13.5. The average Bonchev–Trinajstić information content (AvgIpc) is 2.97. The summed E-state index contributed by atoms with van der Waals surface area (Å²) in [5.41, 5.74) is 0. The second-order valence-corrected chi connectivity index (χ2v) is 7.50. The highest BCUT2D eigenvalue weighted by molar-refractivity contribution is 6.60. The van der Waals surface area contributed by atoms with Crippen LogP contribution in [-0.2, 0) is 18.0 Å². The summed E-state index contributed by atoms with van der Waals surface area (Å²) in [6, 6.07) is 0.660. The fourth-order valence-electron chi connectivity index (χ4n) is 1.94. The summed E-state index contributed by atoms with van der Waals surface area (Å²) in [5, 5.41) is 9.74. The minimum atomic E-state index is -2.54. The highest BCUT2D eigenvalue weighted by Gasteiger charge is 2.37. The molecule has 0 amide bonds. The monoisotopic (exact) mass is 304 g/mol. The van der Waals surface area contributed by atoms with E-state index in [2.05, 4.69) is 4.98 Å². The van der Waals surface area contributed by atoms with Gasteiger partial charge in [0.1, 0.15) is 0 Å². The molecule has 0 aliphatic carbocycles. The van der Waals surface area contributed by atoms with Gasteiger partial charge >= 0.3 is 8.80 Å². The van der Waals surface area contributed by atoms with Gasteiger partial charge in [0.05, 0.1) is 12.4 Å². The first-order valence-electron chi connectivity index (χ1n) is 6.51. The molecule has 1 aromatic rings. The van der Waals surface area contributed by atoms with Crippen LogP contribution < -0.4 is 0 Å². The molecule has 0 spiro atoms. The van der Waals surface area contributed by atoms with E-state index >= 15 is 0 Å². The Kier molecular flexibility index (Phi) is 7.34. The first kappa shape index (κ1) is 17.3. The highest BCUT2D eigenvalue weighted by Crippen LogP contribution is 2.18. The third-order valence-corrected chi connectivity index (χ3v) is 5.91. The molecular formula is C12H24N2O5Si. The van der Waals surface area contributed by atoms with Crippen molar-refractivity contribution in [1.29, 1.82) is 0 Å². The van der Waals surface area contributed by atoms with Crippen molar-refractivity contribution in [1.82, 2.24) is 9.55 Å². The van der Waals surface area contributed by atoms with Gasteiger partial charge in [-0.2, -0.15) is 0 Å². The van der Waals surface area contributed by atoms with Gasteiger partial charge in [0.25, 0.3) is 0 Å². The van der Waals surface area contributed by atoms with Gasteiger partial charge in [0.15, 0.2) is 6.23 Å². The molecule has 0 bridgehead atoms. The largest absolute Gasteiger partial charge is 0.500 e. The summed E-state index contributed by atoms with van der Waals surface area (Å²) in [7, 11) is 2.22. The SMILES string of the molecule is CO[Si](CCCOC(C(C)O)n1ccnc1)(OC)OC. The molecule has 1 rings (SSSR count). The number of nitrogens with zero attached hydrogens (tertiary/aromatic N) is 2. The molecule has 0 saturated carbocycles. The lowest BCUT2D eigenvalue weighted by Gasteiger charge is -2.25. The van der Waals surface area contributed by atoms with Crippen molar-refractivity contribution in [3.63, 3.8) is 0 Å². The normalized spacial score (nSPS) is 15.2. The van der Waals surface area contributed by atoms with Gasteiger partial charge in [-0.3, -0.25) is 0 Å². The second-order valence-electron chi connectivity index (χ2n) is 4.41. The highest BCUT2D eigenvalue weighted by atomic mass is 28.4. The van der Waals surface area contributed by atoms with Crippen molar-refractivity contribution in [3.8, 4) is 0 Å². The van der Waals surface area contributed by atoms with E-state index in [1.54, 1.807) is 51.5 Å². The van der Waals surface area contributed by atoms with Gasteiger partial charge in [-0.1, -0.05) is 0 Å². The molecule has 0 saturated heterocycles. The maximum absolute atomic E-state index is 9.74. The Bertz CT molecular complexity index is 348. The number of ether oxygens (including phenoxy) is 1. The molecule has 2 unspecified atom stereocenters. The van der Waals surface area contributed by atoms with Crippen LogP contribution in [0.1, 0.15) is 19.6 Å². The average molecular weight is 304 g/mol. The maximum atomic E-state index is 9.74. The van der Waals surface area contributed by atoms with Crippen LogP contribution in [0.5, 0.6) is 0 Å². The molecule has 0 radical (unpaired) electrons. The van der Waals surface area contributed by atoms with Gasteiger partial charge in [-0.25, -0.2) is 4.98 Å². The molecule has 1 heterocycles. The molecule has 1 N–H and O–H groups in total. The maximum Gasteiger partial charge on any atom is 0.500 e. The Balaban J connectivity index is 2.42. The van der Waals surface area contributed by atoms with E-state index in [-0.39, 0.29) is 0 Å². The predicted molar refractivity (Wildman–Crippen MR) is 75.1 cm³/mol. The molecule has 0 aromatic carbocycles. The van der Waals surface area contributed by atoms with Crippen LogP contribution in [0.3, 0.4) is 0 Å². The van der Waals surface area contributed by atoms with Crippen molar-refractivity contribution in [2.45, 2.75) is 31.7 Å². The summed E-state index contributed by atoms with van der Waals surface area (Å²) >= 11 is 0. The fourth-order valence-corrected chi connectivity index (χ4v) is 3.63. The lowest BCUT2D eigenvalue weighted by atomic mass is 10.3. The first-order chi connectivity index (χ1) is 9.58. The van der Waals surface area contributed by atoms with Crippen molar-refractivity contribution in [2.24, 2.45) is 0 Å². The number of hydrogen-bond acceptors (Lipinski definition) is 6. The van der Waals surface area contributed by atoms with Crippen LogP contribution in [0.2, 0.25) is 6.04 Å². The third-order valence-electron chi connectivity index (χ3n) is 3.08. The van der Waals surface area contributed by atoms with Crippen LogP contribution in [0, 0.1) is 0 Å². The second kappa shape index (κ2) is 8.50. The van der Waals surface area contributed by atoms with Gasteiger partial charge in [0, 0.05) is 46.4 Å². The zero-order valence-electron chi connectivity index (χ0n) is 12.5. The van der Waals surface area contributed by atoms with Gasteiger partial charge in [-0.15, -0.1) is 0 Å². The Labute approximate surface area is 120 Å². The standard InChI is InChI=1S/C12H24N2O5Si/c1-11(15)12(14-7-6-13-10-14)19-8-5-9-20(16-2,17-3)18-4/h6-7,10-12,15H,5,8-9H2,1-4H3. The number of aliphatic hydroxyl groups excluding tert-OH is 1. The molecule has 7 nitrogen and oxygen atoms in total. The Morgan fingerprint density at radius 1 is 1.25 bits per heavy atom. The smallest absolute Gasteiger partial charge is 0.389 e. The minimum absolute atomic E-state index is 0.443. The van der Waals surface area contributed by atoms with Crippen molar-refractivity contribution >= 4 is 8.80 Å². The summed E-state index contributed by atoms with van der Waals surface area (Å²) < 4.78 is 23.5. The zero-order chi connectivity index (χ0) is 15.0. The van der Waals surface area contributed by atoms with E-state index in [0.717, 1.165) is 6.42 Å². The Hall–Kier alpha value is -0.773. The minimum Gasteiger partial charge on any atom is -0.389 e. The fraction of sp³-hybridized carbons (Fsp3) is 0.750. The van der Waals surface area contributed by atoms with Crippen molar-refractivity contribution in [2.75, 3.05) is 27.9 Å².